The van der Waals surface area contributed by atoms with Gasteiger partial charge < -0.3 is 19.7 Å². The van der Waals surface area contributed by atoms with Gasteiger partial charge in [-0.1, -0.05) is 0 Å². The molecule has 6 nitrogen and oxygen atoms in total. The molecule has 2 heterocycles. The molecule has 1 amide bonds. The number of ether oxygens (including phenoxy) is 2. The normalized spacial score (nSPS) is 25.1. The molecule has 6 heteroatoms. The van der Waals surface area contributed by atoms with Crippen molar-refractivity contribution >= 4 is 12.1 Å². The maximum atomic E-state index is 12.1. The maximum absolute atomic E-state index is 12.1. The lowest BCUT2D eigenvalue weighted by Crippen LogP contribution is -2.59. The Hall–Kier alpha value is -1.30. The van der Waals surface area contributed by atoms with Gasteiger partial charge in [0.25, 0.3) is 0 Å². The molecular formula is C13H22N2O4. The molecule has 19 heavy (non-hydrogen) atoms. The molecule has 0 radical (unpaired) electrons. The van der Waals surface area contributed by atoms with Crippen molar-refractivity contribution in [2.75, 3.05) is 33.3 Å². The van der Waals surface area contributed by atoms with Gasteiger partial charge in [-0.15, -0.1) is 0 Å². The fourth-order valence-corrected chi connectivity index (χ4v) is 2.71. The van der Waals surface area contributed by atoms with Crippen LogP contribution in [0.5, 0.6) is 0 Å². The maximum Gasteiger partial charge on any atom is 0.410 e. The van der Waals surface area contributed by atoms with E-state index in [0.29, 0.717) is 13.1 Å². The van der Waals surface area contributed by atoms with Crippen LogP contribution in [0.2, 0.25) is 0 Å². The molecule has 1 spiro atoms. The van der Waals surface area contributed by atoms with E-state index in [2.05, 4.69) is 5.32 Å². The molecule has 108 valence electrons. The summed E-state index contributed by atoms with van der Waals surface area (Å²) in [4.78, 5) is 25.5. The average Bonchev–Trinajstić information content (AvgIpc) is 2.65. The number of nitrogens with one attached hydrogen (secondary N) is 1. The highest BCUT2D eigenvalue weighted by atomic mass is 16.6. The summed E-state index contributed by atoms with van der Waals surface area (Å²) in [5.74, 6) is -0.501. The third kappa shape index (κ3) is 2.68. The summed E-state index contributed by atoms with van der Waals surface area (Å²) in [6, 6.07) is 0. The van der Waals surface area contributed by atoms with Crippen LogP contribution in [0, 0.1) is 11.3 Å². The summed E-state index contributed by atoms with van der Waals surface area (Å²) in [6.45, 7) is 7.91. The smallest absolute Gasteiger partial charge is 0.410 e. The zero-order valence-corrected chi connectivity index (χ0v) is 12.0. The van der Waals surface area contributed by atoms with E-state index in [0.717, 1.165) is 13.1 Å². The number of nitrogens with zero attached hydrogens (tertiary/aromatic N) is 1. The molecule has 0 aliphatic carbocycles. The van der Waals surface area contributed by atoms with Gasteiger partial charge in [0, 0.05) is 31.6 Å². The Morgan fingerprint density at radius 3 is 2.37 bits per heavy atom. The van der Waals surface area contributed by atoms with Crippen LogP contribution in [0.1, 0.15) is 20.8 Å². The Labute approximate surface area is 113 Å². The monoisotopic (exact) mass is 270 g/mol. The van der Waals surface area contributed by atoms with E-state index in [-0.39, 0.29) is 23.4 Å². The van der Waals surface area contributed by atoms with E-state index >= 15 is 0 Å². The molecule has 2 rings (SSSR count). The molecule has 0 aromatic carbocycles. The number of methoxy groups -OCH3 is 1. The Bertz CT molecular complexity index is 385. The Balaban J connectivity index is 2.06. The molecule has 2 aliphatic heterocycles. The number of esters is 1. The Kier molecular flexibility index (Phi) is 3.47. The van der Waals surface area contributed by atoms with Gasteiger partial charge in [-0.25, -0.2) is 4.79 Å². The van der Waals surface area contributed by atoms with Crippen molar-refractivity contribution in [2.45, 2.75) is 26.4 Å². The van der Waals surface area contributed by atoms with Gasteiger partial charge in [0.05, 0.1) is 13.0 Å². The number of carbonyl (C=O) groups excluding carboxylic acids is 2. The van der Waals surface area contributed by atoms with Crippen LogP contribution in [0.3, 0.4) is 0 Å². The van der Waals surface area contributed by atoms with Gasteiger partial charge in [-0.05, 0) is 20.8 Å². The second kappa shape index (κ2) is 4.67. The van der Waals surface area contributed by atoms with Gasteiger partial charge in [-0.2, -0.15) is 0 Å². The number of hydrogen-bond acceptors (Lipinski definition) is 5. The van der Waals surface area contributed by atoms with E-state index in [1.54, 1.807) is 4.90 Å². The molecular weight excluding hydrogens is 248 g/mol. The highest BCUT2D eigenvalue weighted by Gasteiger charge is 2.55. The highest BCUT2D eigenvalue weighted by molar-refractivity contribution is 5.77. The van der Waals surface area contributed by atoms with Crippen LogP contribution in [-0.2, 0) is 14.3 Å². The molecule has 1 atom stereocenters. The van der Waals surface area contributed by atoms with Crippen molar-refractivity contribution in [3.05, 3.63) is 0 Å². The van der Waals surface area contributed by atoms with Gasteiger partial charge in [0.2, 0.25) is 0 Å². The van der Waals surface area contributed by atoms with E-state index in [9.17, 15) is 9.59 Å². The minimum Gasteiger partial charge on any atom is -0.469 e. The van der Waals surface area contributed by atoms with Crippen molar-refractivity contribution in [1.82, 2.24) is 10.2 Å². The number of hydrogen-bond donors (Lipinski definition) is 1. The molecule has 0 aromatic heterocycles. The predicted molar refractivity (Wildman–Crippen MR) is 68.6 cm³/mol. The van der Waals surface area contributed by atoms with Gasteiger partial charge in [-0.3, -0.25) is 4.79 Å². The van der Waals surface area contributed by atoms with Crippen LogP contribution in [0.4, 0.5) is 4.79 Å². The Morgan fingerprint density at radius 1 is 1.32 bits per heavy atom. The minimum atomic E-state index is -0.522. The lowest BCUT2D eigenvalue weighted by Gasteiger charge is -2.42. The number of rotatable bonds is 1. The minimum absolute atomic E-state index is 0.177. The fraction of sp³-hybridized carbons (Fsp3) is 0.846. The molecule has 1 unspecified atom stereocenters. The SMILES string of the molecule is COC(=O)C1CN(C(=O)OC(C)(C)C)CC12CNC2. The molecule has 0 bridgehead atoms. The lowest BCUT2D eigenvalue weighted by atomic mass is 9.73. The van der Waals surface area contributed by atoms with Crippen LogP contribution in [-0.4, -0.2) is 55.9 Å². The third-order valence-electron chi connectivity index (χ3n) is 3.74. The first-order valence-electron chi connectivity index (χ1n) is 6.54. The van der Waals surface area contributed by atoms with Crippen molar-refractivity contribution in [1.29, 1.82) is 0 Å². The lowest BCUT2D eigenvalue weighted by molar-refractivity contribution is -0.149. The summed E-state index contributed by atoms with van der Waals surface area (Å²) in [7, 11) is 1.39. The largest absolute Gasteiger partial charge is 0.469 e. The molecule has 2 aliphatic rings. The zero-order chi connectivity index (χ0) is 14.3. The predicted octanol–water partition coefficient (Wildman–Crippen LogP) is 0.616. The van der Waals surface area contributed by atoms with E-state index in [1.165, 1.54) is 7.11 Å². The molecule has 1 N–H and O–H groups in total. The van der Waals surface area contributed by atoms with Crippen molar-refractivity contribution in [2.24, 2.45) is 11.3 Å². The second-order valence-electron chi connectivity index (χ2n) is 6.40. The van der Waals surface area contributed by atoms with Crippen LogP contribution in [0.15, 0.2) is 0 Å². The molecule has 0 saturated carbocycles. The van der Waals surface area contributed by atoms with Crippen molar-refractivity contribution < 1.29 is 19.1 Å². The summed E-state index contributed by atoms with van der Waals surface area (Å²) < 4.78 is 10.2. The quantitative estimate of drug-likeness (QED) is 0.707. The number of carbonyl (C=O) groups is 2. The molecule has 2 fully saturated rings. The van der Waals surface area contributed by atoms with E-state index < -0.39 is 5.60 Å². The fourth-order valence-electron chi connectivity index (χ4n) is 2.71. The molecule has 0 aromatic rings. The first kappa shape index (κ1) is 14.1. The molecule has 2 saturated heterocycles. The second-order valence-corrected chi connectivity index (χ2v) is 6.40. The first-order chi connectivity index (χ1) is 8.77. The van der Waals surface area contributed by atoms with Gasteiger partial charge in [0.15, 0.2) is 0 Å². The van der Waals surface area contributed by atoms with Crippen molar-refractivity contribution in [3.63, 3.8) is 0 Å². The highest BCUT2D eigenvalue weighted by Crippen LogP contribution is 2.40. The standard InChI is InChI=1S/C13H22N2O4/c1-12(2,3)19-11(17)15-5-9(10(16)18-4)13(8-15)6-14-7-13/h9,14H,5-8H2,1-4H3. The number of amides is 1. The van der Waals surface area contributed by atoms with E-state index in [1.807, 2.05) is 20.8 Å². The Morgan fingerprint density at radius 2 is 1.95 bits per heavy atom. The van der Waals surface area contributed by atoms with Gasteiger partial charge in [0.1, 0.15) is 5.60 Å². The van der Waals surface area contributed by atoms with Crippen molar-refractivity contribution in [3.8, 4) is 0 Å². The number of likely N-dealkylation sites (tertiary alicyclic amines) is 1. The van der Waals surface area contributed by atoms with Crippen LogP contribution >= 0.6 is 0 Å². The first-order valence-corrected chi connectivity index (χ1v) is 6.54. The summed E-state index contributed by atoms with van der Waals surface area (Å²) >= 11 is 0. The summed E-state index contributed by atoms with van der Waals surface area (Å²) in [6.07, 6.45) is -0.356. The van der Waals surface area contributed by atoms with Crippen LogP contribution in [0.25, 0.3) is 0 Å². The average molecular weight is 270 g/mol. The van der Waals surface area contributed by atoms with Gasteiger partial charge >= 0.3 is 12.1 Å². The zero-order valence-electron chi connectivity index (χ0n) is 12.0. The van der Waals surface area contributed by atoms with E-state index in [4.69, 9.17) is 9.47 Å². The third-order valence-corrected chi connectivity index (χ3v) is 3.74. The summed E-state index contributed by atoms with van der Waals surface area (Å²) in [5, 5.41) is 3.17. The van der Waals surface area contributed by atoms with Crippen LogP contribution < -0.4 is 5.32 Å². The topological polar surface area (TPSA) is 67.9 Å². The summed E-state index contributed by atoms with van der Waals surface area (Å²) in [5.41, 5.74) is -0.699.